The third-order valence-electron chi connectivity index (χ3n) is 4.69. The van der Waals surface area contributed by atoms with Gasteiger partial charge in [-0.2, -0.15) is 0 Å². The first-order valence-electron chi connectivity index (χ1n) is 9.03. The van der Waals surface area contributed by atoms with Crippen molar-refractivity contribution in [3.05, 3.63) is 71.3 Å². The van der Waals surface area contributed by atoms with E-state index in [0.717, 1.165) is 45.0 Å². The van der Waals surface area contributed by atoms with Gasteiger partial charge in [-0.15, -0.1) is 0 Å². The van der Waals surface area contributed by atoms with Gasteiger partial charge in [0.1, 0.15) is 5.75 Å². The molecule has 1 aliphatic rings. The van der Waals surface area contributed by atoms with Gasteiger partial charge in [0.2, 0.25) is 0 Å². The average molecular weight is 336 g/mol. The first-order chi connectivity index (χ1) is 12.2. The maximum Gasteiger partial charge on any atom is 0.119 e. The Kier molecular flexibility index (Phi) is 6.26. The highest BCUT2D eigenvalue weighted by molar-refractivity contribution is 5.54. The predicted molar refractivity (Wildman–Crippen MR) is 105 cm³/mol. The molecule has 25 heavy (non-hydrogen) atoms. The van der Waals surface area contributed by atoms with Crippen molar-refractivity contribution in [2.24, 2.45) is 0 Å². The summed E-state index contributed by atoms with van der Waals surface area (Å²) in [4.78, 5) is 5.10. The lowest BCUT2D eigenvalue weighted by Crippen LogP contribution is -2.46. The van der Waals surface area contributed by atoms with Crippen molar-refractivity contribution in [3.8, 4) is 5.75 Å². The fraction of sp³-hybridized carbons (Fsp3) is 0.364. The zero-order valence-electron chi connectivity index (χ0n) is 15.3. The van der Waals surface area contributed by atoms with Crippen LogP contribution in [0.1, 0.15) is 18.1 Å². The van der Waals surface area contributed by atoms with Gasteiger partial charge >= 0.3 is 0 Å². The minimum absolute atomic E-state index is 0.913. The summed E-state index contributed by atoms with van der Waals surface area (Å²) in [7, 11) is 1.71. The van der Waals surface area contributed by atoms with E-state index in [1.54, 1.807) is 7.11 Å². The van der Waals surface area contributed by atoms with E-state index in [2.05, 4.69) is 65.3 Å². The first-order valence-corrected chi connectivity index (χ1v) is 9.03. The molecule has 0 unspecified atom stereocenters. The molecule has 0 radical (unpaired) electrons. The molecule has 3 heteroatoms. The van der Waals surface area contributed by atoms with Gasteiger partial charge < -0.3 is 4.74 Å². The molecule has 0 spiro atoms. The number of nitrogens with zero attached hydrogens (tertiary/aromatic N) is 2. The fourth-order valence-corrected chi connectivity index (χ4v) is 3.36. The van der Waals surface area contributed by atoms with Crippen LogP contribution in [0, 0.1) is 0 Å². The molecule has 1 fully saturated rings. The van der Waals surface area contributed by atoms with Crippen LogP contribution in [0.25, 0.3) is 6.08 Å². The smallest absolute Gasteiger partial charge is 0.119 e. The largest absolute Gasteiger partial charge is 0.497 e. The van der Waals surface area contributed by atoms with E-state index in [9.17, 15) is 0 Å². The zero-order valence-corrected chi connectivity index (χ0v) is 15.3. The number of hydrogen-bond acceptors (Lipinski definition) is 3. The highest BCUT2D eigenvalue weighted by Crippen LogP contribution is 2.16. The second-order valence-corrected chi connectivity index (χ2v) is 6.81. The summed E-state index contributed by atoms with van der Waals surface area (Å²) in [6.45, 7) is 8.87. The normalized spacial score (nSPS) is 16.8. The Morgan fingerprint density at radius 1 is 0.960 bits per heavy atom. The van der Waals surface area contributed by atoms with Gasteiger partial charge in [0.05, 0.1) is 7.11 Å². The summed E-state index contributed by atoms with van der Waals surface area (Å²) in [6, 6.07) is 19.0. The maximum atomic E-state index is 5.30. The van der Waals surface area contributed by atoms with Gasteiger partial charge in [0, 0.05) is 39.3 Å². The predicted octanol–water partition coefficient (Wildman–Crippen LogP) is 3.92. The van der Waals surface area contributed by atoms with Crippen LogP contribution in [0.15, 0.2) is 60.2 Å². The first kappa shape index (κ1) is 17.7. The molecule has 2 aromatic carbocycles. The highest BCUT2D eigenvalue weighted by Gasteiger charge is 2.16. The number of rotatable bonds is 6. The van der Waals surface area contributed by atoms with Crippen molar-refractivity contribution in [2.75, 3.05) is 39.8 Å². The van der Waals surface area contributed by atoms with Gasteiger partial charge in [-0.05, 0) is 30.2 Å². The molecular formula is C22H28N2O. The Morgan fingerprint density at radius 3 is 2.40 bits per heavy atom. The number of piperazine rings is 1. The SMILES string of the molecule is COc1cccc(C=C(C)CN2CCN(Cc3ccccc3)CC2)c1. The van der Waals surface area contributed by atoms with E-state index < -0.39 is 0 Å². The molecule has 0 atom stereocenters. The molecule has 2 aromatic rings. The van der Waals surface area contributed by atoms with E-state index in [0.29, 0.717) is 0 Å². The van der Waals surface area contributed by atoms with Crippen LogP contribution in [0.5, 0.6) is 5.75 Å². The molecular weight excluding hydrogens is 308 g/mol. The summed E-state index contributed by atoms with van der Waals surface area (Å²) in [5.41, 5.74) is 4.01. The Hall–Kier alpha value is -2.10. The van der Waals surface area contributed by atoms with Gasteiger partial charge in [-0.3, -0.25) is 9.80 Å². The Morgan fingerprint density at radius 2 is 1.68 bits per heavy atom. The van der Waals surface area contributed by atoms with E-state index in [1.807, 2.05) is 12.1 Å². The number of ether oxygens (including phenoxy) is 1. The molecule has 0 amide bonds. The van der Waals surface area contributed by atoms with Crippen molar-refractivity contribution in [2.45, 2.75) is 13.5 Å². The Labute approximate surface area is 151 Å². The van der Waals surface area contributed by atoms with Gasteiger partial charge in [0.25, 0.3) is 0 Å². The molecule has 3 rings (SSSR count). The molecule has 132 valence electrons. The number of methoxy groups -OCH3 is 1. The Balaban J connectivity index is 1.49. The molecule has 1 heterocycles. The van der Waals surface area contributed by atoms with Crippen LogP contribution in [-0.4, -0.2) is 49.6 Å². The minimum Gasteiger partial charge on any atom is -0.497 e. The minimum atomic E-state index is 0.913. The van der Waals surface area contributed by atoms with E-state index in [4.69, 9.17) is 4.74 Å². The van der Waals surface area contributed by atoms with Crippen LogP contribution in [0.2, 0.25) is 0 Å². The molecule has 1 saturated heterocycles. The fourth-order valence-electron chi connectivity index (χ4n) is 3.36. The van der Waals surface area contributed by atoms with E-state index >= 15 is 0 Å². The highest BCUT2D eigenvalue weighted by atomic mass is 16.5. The lowest BCUT2D eigenvalue weighted by Gasteiger charge is -2.35. The number of benzene rings is 2. The average Bonchev–Trinajstić information content (AvgIpc) is 2.64. The van der Waals surface area contributed by atoms with Gasteiger partial charge in [-0.25, -0.2) is 0 Å². The van der Waals surface area contributed by atoms with Crippen molar-refractivity contribution >= 4 is 6.08 Å². The molecule has 0 aromatic heterocycles. The van der Waals surface area contributed by atoms with Gasteiger partial charge in [-0.1, -0.05) is 54.1 Å². The summed E-state index contributed by atoms with van der Waals surface area (Å²) in [5, 5.41) is 0. The van der Waals surface area contributed by atoms with Gasteiger partial charge in [0.15, 0.2) is 0 Å². The molecule has 0 N–H and O–H groups in total. The quantitative estimate of drug-likeness (QED) is 0.795. The monoisotopic (exact) mass is 336 g/mol. The van der Waals surface area contributed by atoms with E-state index in [-0.39, 0.29) is 0 Å². The number of hydrogen-bond donors (Lipinski definition) is 0. The summed E-state index contributed by atoms with van der Waals surface area (Å²) < 4.78 is 5.30. The van der Waals surface area contributed by atoms with Crippen LogP contribution < -0.4 is 4.74 Å². The Bertz CT molecular complexity index is 688. The third-order valence-corrected chi connectivity index (χ3v) is 4.69. The lowest BCUT2D eigenvalue weighted by atomic mass is 10.1. The van der Waals surface area contributed by atoms with Crippen molar-refractivity contribution in [1.82, 2.24) is 9.80 Å². The molecule has 0 aliphatic carbocycles. The summed E-state index contributed by atoms with van der Waals surface area (Å²) in [5.74, 6) is 0.913. The van der Waals surface area contributed by atoms with Crippen LogP contribution in [0.4, 0.5) is 0 Å². The van der Waals surface area contributed by atoms with Crippen molar-refractivity contribution < 1.29 is 4.74 Å². The van der Waals surface area contributed by atoms with Crippen molar-refractivity contribution in [3.63, 3.8) is 0 Å². The molecule has 0 bridgehead atoms. The second-order valence-electron chi connectivity index (χ2n) is 6.81. The van der Waals surface area contributed by atoms with Crippen LogP contribution in [-0.2, 0) is 6.54 Å². The molecule has 3 nitrogen and oxygen atoms in total. The summed E-state index contributed by atoms with van der Waals surface area (Å²) in [6.07, 6.45) is 2.26. The second kappa shape index (κ2) is 8.84. The maximum absolute atomic E-state index is 5.30. The molecule has 1 aliphatic heterocycles. The standard InChI is InChI=1S/C22H28N2O/c1-19(15-21-9-6-10-22(16-21)25-2)17-23-11-13-24(14-12-23)18-20-7-4-3-5-8-20/h3-10,15-16H,11-14,17-18H2,1-2H3. The topological polar surface area (TPSA) is 15.7 Å². The molecule has 0 saturated carbocycles. The van der Waals surface area contributed by atoms with E-state index in [1.165, 1.54) is 16.7 Å². The third kappa shape index (κ3) is 5.45. The lowest BCUT2D eigenvalue weighted by molar-refractivity contribution is 0.135. The van der Waals surface area contributed by atoms with Crippen LogP contribution in [0.3, 0.4) is 0 Å². The summed E-state index contributed by atoms with van der Waals surface area (Å²) >= 11 is 0. The van der Waals surface area contributed by atoms with Crippen molar-refractivity contribution in [1.29, 1.82) is 0 Å². The van der Waals surface area contributed by atoms with Crippen LogP contribution >= 0.6 is 0 Å². The zero-order chi connectivity index (χ0) is 17.5.